The Balaban J connectivity index is 0.000000163. The molecule has 0 atom stereocenters. The van der Waals surface area contributed by atoms with Crippen LogP contribution in [0.2, 0.25) is 0 Å². The first-order valence-corrected chi connectivity index (χ1v) is 6.66. The maximum atomic E-state index is 10.7. The van der Waals surface area contributed by atoms with Crippen molar-refractivity contribution in [3.63, 3.8) is 0 Å². The van der Waals surface area contributed by atoms with Gasteiger partial charge in [0.15, 0.2) is 0 Å². The second-order valence-corrected chi connectivity index (χ2v) is 4.84. The van der Waals surface area contributed by atoms with Gasteiger partial charge in [0.05, 0.1) is 0 Å². The van der Waals surface area contributed by atoms with Gasteiger partial charge in [-0.05, 0) is 13.8 Å². The Kier molecular flexibility index (Phi) is 6.68. The molecule has 1 heterocycles. The number of rotatable bonds is 0. The molecular weight excluding hydrogens is 264 g/mol. The van der Waals surface area contributed by atoms with Gasteiger partial charge in [-0.25, -0.2) is 4.79 Å². The number of urea groups is 1. The zero-order chi connectivity index (χ0) is 15.6. The molecule has 2 aromatic rings. The van der Waals surface area contributed by atoms with Crippen LogP contribution in [0.1, 0.15) is 13.8 Å². The number of imide groups is 1. The number of hydrogen-bond acceptors (Lipinski definition) is 2. The van der Waals surface area contributed by atoms with Crippen molar-refractivity contribution < 1.29 is 9.59 Å². The summed E-state index contributed by atoms with van der Waals surface area (Å²) < 4.78 is 0. The van der Waals surface area contributed by atoms with Crippen LogP contribution in [0.25, 0.3) is 0 Å². The zero-order valence-electron chi connectivity index (χ0n) is 12.2. The molecule has 0 spiro atoms. The average molecular weight is 284 g/mol. The minimum absolute atomic E-state index is 0.271. The Labute approximate surface area is 125 Å². The van der Waals surface area contributed by atoms with Crippen LogP contribution in [0.3, 0.4) is 0 Å². The first-order valence-electron chi connectivity index (χ1n) is 6.66. The molecule has 21 heavy (non-hydrogen) atoms. The van der Waals surface area contributed by atoms with Crippen molar-refractivity contribution >= 4 is 11.9 Å². The summed E-state index contributed by atoms with van der Waals surface area (Å²) >= 11 is 0. The molecule has 0 unspecified atom stereocenters. The molecule has 0 aromatic heterocycles. The smallest absolute Gasteiger partial charge is 0.322 e. The molecule has 3 rings (SSSR count). The Morgan fingerprint density at radius 2 is 0.952 bits per heavy atom. The van der Waals surface area contributed by atoms with Gasteiger partial charge < -0.3 is 5.32 Å². The van der Waals surface area contributed by atoms with Crippen LogP contribution >= 0.6 is 0 Å². The van der Waals surface area contributed by atoms with Crippen LogP contribution in [0.15, 0.2) is 72.8 Å². The Morgan fingerprint density at radius 3 is 1.05 bits per heavy atom. The number of amides is 3. The zero-order valence-corrected chi connectivity index (χ0v) is 12.2. The highest BCUT2D eigenvalue weighted by molar-refractivity contribution is 6.06. The largest absolute Gasteiger partial charge is 0.324 e. The van der Waals surface area contributed by atoms with Gasteiger partial charge in [0.25, 0.3) is 5.91 Å². The molecule has 1 fully saturated rings. The molecule has 1 aliphatic heterocycles. The molecule has 0 aliphatic carbocycles. The molecule has 2 aromatic carbocycles. The van der Waals surface area contributed by atoms with Crippen molar-refractivity contribution in [1.29, 1.82) is 0 Å². The normalized spacial score (nSPS) is 14.6. The number of carbonyl (C=O) groups is 2. The molecule has 3 amide bonds. The molecule has 110 valence electrons. The fraction of sp³-hybridized carbons (Fsp3) is 0.176. The summed E-state index contributed by atoms with van der Waals surface area (Å²) in [5, 5.41) is 4.56. The van der Waals surface area contributed by atoms with Crippen molar-refractivity contribution in [3.05, 3.63) is 72.8 Å². The van der Waals surface area contributed by atoms with Crippen molar-refractivity contribution in [3.8, 4) is 0 Å². The van der Waals surface area contributed by atoms with E-state index in [1.807, 2.05) is 72.8 Å². The van der Waals surface area contributed by atoms with Crippen LogP contribution in [0, 0.1) is 0 Å². The van der Waals surface area contributed by atoms with Crippen molar-refractivity contribution in [2.45, 2.75) is 19.4 Å². The van der Waals surface area contributed by atoms with Crippen LogP contribution in [0.4, 0.5) is 4.79 Å². The monoisotopic (exact) mass is 284 g/mol. The van der Waals surface area contributed by atoms with E-state index in [1.165, 1.54) is 0 Å². The fourth-order valence-electron chi connectivity index (χ4n) is 1.40. The summed E-state index contributed by atoms with van der Waals surface area (Å²) in [6, 6.07) is 23.6. The van der Waals surface area contributed by atoms with E-state index >= 15 is 0 Å². The van der Waals surface area contributed by atoms with Gasteiger partial charge >= 0.3 is 6.03 Å². The molecular formula is C17H20N2O2. The third kappa shape index (κ3) is 6.92. The van der Waals surface area contributed by atoms with Crippen LogP contribution in [-0.4, -0.2) is 17.5 Å². The molecule has 0 radical (unpaired) electrons. The minimum atomic E-state index is -0.725. The van der Waals surface area contributed by atoms with Gasteiger partial charge in [-0.15, -0.1) is 0 Å². The topological polar surface area (TPSA) is 58.2 Å². The van der Waals surface area contributed by atoms with Crippen molar-refractivity contribution in [2.75, 3.05) is 0 Å². The van der Waals surface area contributed by atoms with Crippen LogP contribution in [-0.2, 0) is 4.79 Å². The summed E-state index contributed by atoms with van der Waals surface area (Å²) in [6.07, 6.45) is 0. The van der Waals surface area contributed by atoms with E-state index in [9.17, 15) is 9.59 Å². The molecule has 4 nitrogen and oxygen atoms in total. The molecule has 1 aliphatic rings. The summed E-state index contributed by atoms with van der Waals surface area (Å²) in [7, 11) is 0. The van der Waals surface area contributed by atoms with Crippen molar-refractivity contribution in [2.24, 2.45) is 0 Å². The number of benzene rings is 2. The van der Waals surface area contributed by atoms with E-state index in [1.54, 1.807) is 13.8 Å². The number of carbonyl (C=O) groups excluding carboxylic acids is 2. The van der Waals surface area contributed by atoms with Gasteiger partial charge in [-0.3, -0.25) is 10.1 Å². The lowest BCUT2D eigenvalue weighted by Crippen LogP contribution is -2.39. The predicted molar refractivity (Wildman–Crippen MR) is 83.6 cm³/mol. The standard InChI is InChI=1S/2C6H6.C5H8N2O2/c2*1-2-4-6-5-3-1;1-5(2)3(8)6-4(9)7-5/h2*1-6H;1-2H3,(H2,6,7,8,9). The van der Waals surface area contributed by atoms with Gasteiger partial charge in [0.1, 0.15) is 5.54 Å². The number of hydrogen-bond donors (Lipinski definition) is 2. The fourth-order valence-corrected chi connectivity index (χ4v) is 1.40. The second kappa shape index (κ2) is 8.53. The van der Waals surface area contributed by atoms with Crippen LogP contribution < -0.4 is 10.6 Å². The van der Waals surface area contributed by atoms with E-state index in [4.69, 9.17) is 0 Å². The van der Waals surface area contributed by atoms with Crippen LogP contribution in [0.5, 0.6) is 0 Å². The Bertz CT molecular complexity index is 454. The van der Waals surface area contributed by atoms with E-state index in [0.29, 0.717) is 0 Å². The van der Waals surface area contributed by atoms with E-state index < -0.39 is 11.6 Å². The Hall–Kier alpha value is -2.62. The maximum Gasteiger partial charge on any atom is 0.322 e. The summed E-state index contributed by atoms with van der Waals surface area (Å²) in [6.45, 7) is 3.29. The highest BCUT2D eigenvalue weighted by Gasteiger charge is 2.36. The van der Waals surface area contributed by atoms with Gasteiger partial charge in [-0.1, -0.05) is 72.8 Å². The van der Waals surface area contributed by atoms with Gasteiger partial charge in [0, 0.05) is 0 Å². The average Bonchev–Trinajstić information content (AvgIpc) is 2.75. The lowest BCUT2D eigenvalue weighted by atomic mass is 10.1. The van der Waals surface area contributed by atoms with Gasteiger partial charge in [-0.2, -0.15) is 0 Å². The molecule has 0 saturated carbocycles. The first kappa shape index (κ1) is 16.4. The van der Waals surface area contributed by atoms with E-state index in [0.717, 1.165) is 0 Å². The second-order valence-electron chi connectivity index (χ2n) is 4.84. The predicted octanol–water partition coefficient (Wildman–Crippen LogP) is 2.98. The highest BCUT2D eigenvalue weighted by atomic mass is 16.2. The first-order chi connectivity index (χ1) is 10.0. The quantitative estimate of drug-likeness (QED) is 0.731. The summed E-state index contributed by atoms with van der Waals surface area (Å²) in [4.78, 5) is 21.1. The molecule has 4 heteroatoms. The van der Waals surface area contributed by atoms with E-state index in [2.05, 4.69) is 10.6 Å². The summed E-state index contributed by atoms with van der Waals surface area (Å²) in [5.74, 6) is -0.271. The highest BCUT2D eigenvalue weighted by Crippen LogP contribution is 2.05. The third-order valence-corrected chi connectivity index (χ3v) is 2.55. The Morgan fingerprint density at radius 1 is 0.667 bits per heavy atom. The number of nitrogens with one attached hydrogen (secondary N) is 2. The third-order valence-electron chi connectivity index (χ3n) is 2.55. The van der Waals surface area contributed by atoms with Gasteiger partial charge in [0.2, 0.25) is 0 Å². The SMILES string of the molecule is CC1(C)NC(=O)NC1=O.c1ccccc1.c1ccccc1. The van der Waals surface area contributed by atoms with Crippen molar-refractivity contribution in [1.82, 2.24) is 10.6 Å². The lowest BCUT2D eigenvalue weighted by molar-refractivity contribution is -0.122. The molecule has 1 saturated heterocycles. The molecule has 2 N–H and O–H groups in total. The van der Waals surface area contributed by atoms with E-state index in [-0.39, 0.29) is 5.91 Å². The molecule has 0 bridgehead atoms. The summed E-state index contributed by atoms with van der Waals surface area (Å²) in [5.41, 5.74) is -0.725. The lowest BCUT2D eigenvalue weighted by Gasteiger charge is -2.11. The maximum absolute atomic E-state index is 10.7. The minimum Gasteiger partial charge on any atom is -0.324 e.